The molecule has 0 unspecified atom stereocenters. The van der Waals surface area contributed by atoms with Gasteiger partial charge in [0.25, 0.3) is 0 Å². The van der Waals surface area contributed by atoms with Crippen LogP contribution in [0.4, 0.5) is 3.89 Å². The Labute approximate surface area is 148 Å². The minimum absolute atomic E-state index is 0.516. The van der Waals surface area contributed by atoms with E-state index in [1.165, 1.54) is 22.8 Å². The van der Waals surface area contributed by atoms with Gasteiger partial charge in [0.1, 0.15) is 0 Å². The van der Waals surface area contributed by atoms with Crippen LogP contribution in [0.1, 0.15) is 73.1 Å². The Balaban J connectivity index is 4.09. The molecule has 24 heavy (non-hydrogen) atoms. The first-order valence-electron chi connectivity index (χ1n) is 8.62. The minimum atomic E-state index is -4.39. The van der Waals surface area contributed by atoms with Crippen LogP contribution in [0, 0.1) is 0 Å². The summed E-state index contributed by atoms with van der Waals surface area (Å²) in [5, 5.41) is 0. The van der Waals surface area contributed by atoms with Gasteiger partial charge >= 0.3 is 10.2 Å². The van der Waals surface area contributed by atoms with Crippen LogP contribution >= 0.6 is 0 Å². The molecule has 0 atom stereocenters. The highest BCUT2D eigenvalue weighted by Gasteiger charge is 2.03. The molecule has 0 aromatic heterocycles. The number of rotatable bonds is 11. The van der Waals surface area contributed by atoms with Crippen molar-refractivity contribution in [1.82, 2.24) is 0 Å². The highest BCUT2D eigenvalue weighted by Crippen LogP contribution is 2.13. The summed E-state index contributed by atoms with van der Waals surface area (Å²) in [4.78, 5) is 0. The Morgan fingerprint density at radius 3 is 1.46 bits per heavy atom. The molecule has 0 bridgehead atoms. The zero-order chi connectivity index (χ0) is 18.6. The van der Waals surface area contributed by atoms with E-state index in [0.717, 1.165) is 44.1 Å². The first-order chi connectivity index (χ1) is 11.1. The van der Waals surface area contributed by atoms with Crippen LogP contribution in [0.2, 0.25) is 0 Å². The van der Waals surface area contributed by atoms with Crippen LogP contribution < -0.4 is 0 Å². The third kappa shape index (κ3) is 15.7. The summed E-state index contributed by atoms with van der Waals surface area (Å²) >= 11 is 0. The molecule has 0 fully saturated rings. The average molecular weight is 357 g/mol. The van der Waals surface area contributed by atoms with Gasteiger partial charge in [-0.25, -0.2) is 0 Å². The summed E-state index contributed by atoms with van der Waals surface area (Å²) in [7, 11) is -4.39. The predicted molar refractivity (Wildman–Crippen MR) is 103 cm³/mol. The third-order valence-electron chi connectivity index (χ3n) is 3.79. The van der Waals surface area contributed by atoms with Crippen LogP contribution in [0.15, 0.2) is 46.6 Å². The van der Waals surface area contributed by atoms with Crippen molar-refractivity contribution in [3.63, 3.8) is 0 Å². The fourth-order valence-corrected chi connectivity index (χ4v) is 2.71. The fourth-order valence-electron chi connectivity index (χ4n) is 2.23. The van der Waals surface area contributed by atoms with E-state index in [2.05, 4.69) is 45.9 Å². The Kier molecular flexibility index (Phi) is 11.6. The maximum Gasteiger partial charge on any atom is 0.305 e. The standard InChI is InChI=1S/C20H33FO2S/c1-17(2)9-6-10-18(3)11-7-12-19(4)13-8-14-20(5)15-16-24(21,22)23/h9,11,13,15H,6-8,10,12,14,16H2,1-5H3/b18-11+,19-13?,20-15+. The monoisotopic (exact) mass is 356 g/mol. The van der Waals surface area contributed by atoms with E-state index in [-0.39, 0.29) is 0 Å². The second-order valence-corrected chi connectivity index (χ2v) is 8.17. The first-order valence-corrected chi connectivity index (χ1v) is 10.2. The van der Waals surface area contributed by atoms with Gasteiger partial charge in [-0.05, 0) is 73.1 Å². The summed E-state index contributed by atoms with van der Waals surface area (Å²) in [5.74, 6) is -0.516. The molecular formula is C20H33FO2S. The molecule has 0 amide bonds. The highest BCUT2D eigenvalue weighted by atomic mass is 32.3. The van der Waals surface area contributed by atoms with Crippen LogP contribution in [-0.2, 0) is 10.2 Å². The smallest absolute Gasteiger partial charge is 0.195 e. The van der Waals surface area contributed by atoms with Crippen LogP contribution in [0.5, 0.6) is 0 Å². The SMILES string of the molecule is CC(C)=CCC/C(C)=C/CCC(C)=CCC/C(C)=C/CS(=O)(=O)F. The highest BCUT2D eigenvalue weighted by molar-refractivity contribution is 7.86. The fraction of sp³-hybridized carbons (Fsp3) is 0.600. The molecule has 0 aliphatic heterocycles. The summed E-state index contributed by atoms with van der Waals surface area (Å²) < 4.78 is 33.3. The van der Waals surface area contributed by atoms with E-state index < -0.39 is 16.0 Å². The molecule has 0 rings (SSSR count). The Morgan fingerprint density at radius 2 is 1.08 bits per heavy atom. The summed E-state index contributed by atoms with van der Waals surface area (Å²) in [6, 6.07) is 0. The van der Waals surface area contributed by atoms with Gasteiger partial charge in [0.15, 0.2) is 0 Å². The molecule has 0 saturated carbocycles. The molecule has 0 spiro atoms. The molecule has 0 aromatic rings. The van der Waals surface area contributed by atoms with Gasteiger partial charge < -0.3 is 0 Å². The third-order valence-corrected chi connectivity index (χ3v) is 4.35. The van der Waals surface area contributed by atoms with Crippen molar-refractivity contribution in [2.45, 2.75) is 73.1 Å². The molecular weight excluding hydrogens is 323 g/mol. The lowest BCUT2D eigenvalue weighted by Crippen LogP contribution is -1.95. The van der Waals surface area contributed by atoms with E-state index in [4.69, 9.17) is 0 Å². The van der Waals surface area contributed by atoms with Crippen molar-refractivity contribution < 1.29 is 12.3 Å². The normalized spacial score (nSPS) is 14.0. The Hall–Kier alpha value is -1.16. The molecule has 0 aromatic carbocycles. The molecule has 2 nitrogen and oxygen atoms in total. The molecule has 0 aliphatic carbocycles. The van der Waals surface area contributed by atoms with E-state index in [9.17, 15) is 12.3 Å². The summed E-state index contributed by atoms with van der Waals surface area (Å²) in [6.45, 7) is 10.4. The van der Waals surface area contributed by atoms with Gasteiger partial charge in [0.2, 0.25) is 0 Å². The lowest BCUT2D eigenvalue weighted by Gasteiger charge is -2.02. The zero-order valence-corrected chi connectivity index (χ0v) is 16.7. The van der Waals surface area contributed by atoms with Crippen LogP contribution in [0.25, 0.3) is 0 Å². The topological polar surface area (TPSA) is 34.1 Å². The quantitative estimate of drug-likeness (QED) is 0.316. The van der Waals surface area contributed by atoms with E-state index in [1.54, 1.807) is 0 Å². The van der Waals surface area contributed by atoms with Crippen molar-refractivity contribution in [3.05, 3.63) is 46.6 Å². The average Bonchev–Trinajstić information content (AvgIpc) is 2.44. The van der Waals surface area contributed by atoms with Gasteiger partial charge in [-0.2, -0.15) is 8.42 Å². The largest absolute Gasteiger partial charge is 0.305 e. The first kappa shape index (κ1) is 22.8. The van der Waals surface area contributed by atoms with Crippen molar-refractivity contribution in [2.24, 2.45) is 0 Å². The van der Waals surface area contributed by atoms with Crippen molar-refractivity contribution in [3.8, 4) is 0 Å². The van der Waals surface area contributed by atoms with E-state index in [0.29, 0.717) is 0 Å². The second-order valence-electron chi connectivity index (χ2n) is 6.75. The summed E-state index contributed by atoms with van der Waals surface area (Å²) in [6.07, 6.45) is 14.2. The second kappa shape index (κ2) is 12.2. The number of halogens is 1. The zero-order valence-electron chi connectivity index (χ0n) is 15.9. The van der Waals surface area contributed by atoms with Crippen LogP contribution in [-0.4, -0.2) is 14.2 Å². The van der Waals surface area contributed by atoms with Crippen molar-refractivity contribution in [1.29, 1.82) is 0 Å². The maximum absolute atomic E-state index is 12.4. The number of allylic oxidation sites excluding steroid dienone is 7. The lowest BCUT2D eigenvalue weighted by molar-refractivity contribution is 0.555. The van der Waals surface area contributed by atoms with Gasteiger partial charge in [0, 0.05) is 0 Å². The molecule has 0 heterocycles. The Bertz CT molecular complexity index is 589. The molecule has 0 aliphatic rings. The maximum atomic E-state index is 12.4. The van der Waals surface area contributed by atoms with E-state index in [1.807, 2.05) is 6.92 Å². The predicted octanol–water partition coefficient (Wildman–Crippen LogP) is 6.43. The molecule has 0 saturated heterocycles. The minimum Gasteiger partial charge on any atom is -0.195 e. The van der Waals surface area contributed by atoms with Gasteiger partial charge in [-0.3, -0.25) is 0 Å². The van der Waals surface area contributed by atoms with Crippen LogP contribution in [0.3, 0.4) is 0 Å². The Morgan fingerprint density at radius 1 is 0.708 bits per heavy atom. The molecule has 0 N–H and O–H groups in total. The van der Waals surface area contributed by atoms with Gasteiger partial charge in [-0.15, -0.1) is 3.89 Å². The van der Waals surface area contributed by atoms with Gasteiger partial charge in [0.05, 0.1) is 5.75 Å². The lowest BCUT2D eigenvalue weighted by atomic mass is 10.0. The molecule has 0 radical (unpaired) electrons. The number of hydrogen-bond acceptors (Lipinski definition) is 2. The summed E-state index contributed by atoms with van der Waals surface area (Å²) in [5.41, 5.74) is 5.06. The van der Waals surface area contributed by atoms with Gasteiger partial charge in [-0.1, -0.05) is 46.6 Å². The number of hydrogen-bond donors (Lipinski definition) is 0. The molecule has 4 heteroatoms. The molecule has 138 valence electrons. The van der Waals surface area contributed by atoms with E-state index >= 15 is 0 Å². The van der Waals surface area contributed by atoms with Crippen molar-refractivity contribution >= 4 is 10.2 Å². The van der Waals surface area contributed by atoms with Crippen molar-refractivity contribution in [2.75, 3.05) is 5.75 Å².